The van der Waals surface area contributed by atoms with Gasteiger partial charge >= 0.3 is 0 Å². The summed E-state index contributed by atoms with van der Waals surface area (Å²) in [6.07, 6.45) is 7.34. The topological polar surface area (TPSA) is 71.3 Å². The lowest BCUT2D eigenvalue weighted by atomic mass is 9.86. The van der Waals surface area contributed by atoms with E-state index < -0.39 is 0 Å². The summed E-state index contributed by atoms with van der Waals surface area (Å²) < 4.78 is 4.99. The van der Waals surface area contributed by atoms with Crippen LogP contribution in [0, 0.1) is 17.8 Å². The van der Waals surface area contributed by atoms with Gasteiger partial charge in [-0.2, -0.15) is 0 Å². The van der Waals surface area contributed by atoms with Crippen molar-refractivity contribution in [2.45, 2.75) is 32.1 Å². The second-order valence-corrected chi connectivity index (χ2v) is 6.22. The predicted octanol–water partition coefficient (Wildman–Crippen LogP) is 1.95. The van der Waals surface area contributed by atoms with Crippen molar-refractivity contribution >= 4 is 11.8 Å². The number of amides is 2. The van der Waals surface area contributed by atoms with Crippen LogP contribution in [0.4, 0.5) is 0 Å². The first kappa shape index (κ1) is 14.2. The Balaban J connectivity index is 1.30. The van der Waals surface area contributed by atoms with Gasteiger partial charge in [0, 0.05) is 19.5 Å². The highest BCUT2D eigenvalue weighted by Gasteiger charge is 2.39. The molecule has 3 unspecified atom stereocenters. The zero-order chi connectivity index (χ0) is 14.7. The molecule has 2 fully saturated rings. The molecule has 0 aromatic carbocycles. The third-order valence-electron chi connectivity index (χ3n) is 4.81. The number of hydrogen-bond donors (Lipinski definition) is 2. The second-order valence-electron chi connectivity index (χ2n) is 6.22. The van der Waals surface area contributed by atoms with Gasteiger partial charge in [0.05, 0.1) is 6.26 Å². The molecule has 3 atom stereocenters. The molecule has 0 radical (unpaired) electrons. The summed E-state index contributed by atoms with van der Waals surface area (Å²) in [4.78, 5) is 23.5. The Kier molecular flexibility index (Phi) is 4.27. The Labute approximate surface area is 124 Å². The summed E-state index contributed by atoms with van der Waals surface area (Å²) >= 11 is 0. The van der Waals surface area contributed by atoms with Crippen LogP contribution in [0.2, 0.25) is 0 Å². The number of hydrogen-bond acceptors (Lipinski definition) is 3. The van der Waals surface area contributed by atoms with Crippen LogP contribution in [-0.4, -0.2) is 24.9 Å². The smallest absolute Gasteiger partial charge is 0.287 e. The Morgan fingerprint density at radius 1 is 1.19 bits per heavy atom. The number of furan rings is 1. The molecule has 1 heterocycles. The quantitative estimate of drug-likeness (QED) is 0.787. The van der Waals surface area contributed by atoms with Crippen molar-refractivity contribution in [3.8, 4) is 0 Å². The molecule has 2 aliphatic rings. The Hall–Kier alpha value is -1.78. The van der Waals surface area contributed by atoms with Crippen LogP contribution in [0.15, 0.2) is 22.8 Å². The molecule has 2 saturated carbocycles. The van der Waals surface area contributed by atoms with E-state index in [4.69, 9.17) is 4.42 Å². The monoisotopic (exact) mass is 290 g/mol. The molecule has 5 heteroatoms. The predicted molar refractivity (Wildman–Crippen MR) is 77.6 cm³/mol. The lowest BCUT2D eigenvalue weighted by Crippen LogP contribution is -2.35. The van der Waals surface area contributed by atoms with Gasteiger partial charge in [0.15, 0.2) is 5.76 Å². The summed E-state index contributed by atoms with van der Waals surface area (Å²) in [6.45, 7) is 0.883. The highest BCUT2D eigenvalue weighted by atomic mass is 16.3. The van der Waals surface area contributed by atoms with Crippen molar-refractivity contribution in [3.63, 3.8) is 0 Å². The standard InChI is InChI=1S/C16H22N2O3/c19-15(10-13-9-11-3-4-12(13)8-11)17-5-6-18-16(20)14-2-1-7-21-14/h1-2,7,11-13H,3-6,8-10H2,(H,17,19)(H,18,20). The average Bonchev–Trinajstić information content (AvgIpc) is 3.19. The molecule has 0 saturated heterocycles. The van der Waals surface area contributed by atoms with E-state index in [2.05, 4.69) is 10.6 Å². The molecule has 1 aromatic rings. The van der Waals surface area contributed by atoms with Gasteiger partial charge in [0.1, 0.15) is 0 Å². The Morgan fingerprint density at radius 2 is 2.05 bits per heavy atom. The molecule has 3 rings (SSSR count). The minimum Gasteiger partial charge on any atom is -0.459 e. The minimum absolute atomic E-state index is 0.111. The van der Waals surface area contributed by atoms with Crippen LogP contribution in [0.3, 0.4) is 0 Å². The number of rotatable bonds is 6. The third-order valence-corrected chi connectivity index (χ3v) is 4.81. The zero-order valence-corrected chi connectivity index (χ0v) is 12.1. The second kappa shape index (κ2) is 6.33. The van der Waals surface area contributed by atoms with Gasteiger partial charge in [-0.3, -0.25) is 9.59 Å². The third kappa shape index (κ3) is 3.46. The SMILES string of the molecule is O=C(CC1CC2CCC1C2)NCCNC(=O)c1ccco1. The molecular weight excluding hydrogens is 268 g/mol. The van der Waals surface area contributed by atoms with E-state index in [0.717, 1.165) is 11.8 Å². The largest absolute Gasteiger partial charge is 0.459 e. The first-order chi connectivity index (χ1) is 10.2. The van der Waals surface area contributed by atoms with Crippen molar-refractivity contribution in [1.82, 2.24) is 10.6 Å². The van der Waals surface area contributed by atoms with E-state index in [1.807, 2.05) is 0 Å². The van der Waals surface area contributed by atoms with Crippen LogP contribution in [0.25, 0.3) is 0 Å². The van der Waals surface area contributed by atoms with Crippen molar-refractivity contribution < 1.29 is 14.0 Å². The first-order valence-corrected chi connectivity index (χ1v) is 7.81. The van der Waals surface area contributed by atoms with E-state index >= 15 is 0 Å². The first-order valence-electron chi connectivity index (χ1n) is 7.81. The van der Waals surface area contributed by atoms with Gasteiger partial charge in [0.2, 0.25) is 5.91 Å². The number of carbonyl (C=O) groups excluding carboxylic acids is 2. The summed E-state index contributed by atoms with van der Waals surface area (Å²) in [5, 5.41) is 5.60. The van der Waals surface area contributed by atoms with Crippen molar-refractivity contribution in [3.05, 3.63) is 24.2 Å². The summed E-state index contributed by atoms with van der Waals surface area (Å²) in [5.74, 6) is 2.40. The molecule has 0 spiro atoms. The molecule has 21 heavy (non-hydrogen) atoms. The minimum atomic E-state index is -0.248. The maximum absolute atomic E-state index is 11.9. The maximum atomic E-state index is 11.9. The summed E-state index contributed by atoms with van der Waals surface area (Å²) in [7, 11) is 0. The van der Waals surface area contributed by atoms with Crippen LogP contribution in [0.1, 0.15) is 42.7 Å². The van der Waals surface area contributed by atoms with Crippen molar-refractivity contribution in [1.29, 1.82) is 0 Å². The van der Waals surface area contributed by atoms with E-state index in [-0.39, 0.29) is 11.8 Å². The molecule has 0 aliphatic heterocycles. The van der Waals surface area contributed by atoms with Crippen molar-refractivity contribution in [2.24, 2.45) is 17.8 Å². The summed E-state index contributed by atoms with van der Waals surface area (Å²) in [5.41, 5.74) is 0. The molecule has 2 amide bonds. The normalized spacial score (nSPS) is 26.8. The van der Waals surface area contributed by atoms with E-state index in [9.17, 15) is 9.59 Å². The van der Waals surface area contributed by atoms with Crippen LogP contribution < -0.4 is 10.6 Å². The van der Waals surface area contributed by atoms with Gasteiger partial charge in [-0.1, -0.05) is 6.42 Å². The zero-order valence-electron chi connectivity index (χ0n) is 12.1. The van der Waals surface area contributed by atoms with Crippen molar-refractivity contribution in [2.75, 3.05) is 13.1 Å². The lowest BCUT2D eigenvalue weighted by Gasteiger charge is -2.20. The fraction of sp³-hybridized carbons (Fsp3) is 0.625. The fourth-order valence-electron chi connectivity index (χ4n) is 3.81. The molecule has 1 aromatic heterocycles. The van der Waals surface area contributed by atoms with Gasteiger partial charge < -0.3 is 15.1 Å². The highest BCUT2D eigenvalue weighted by molar-refractivity contribution is 5.91. The number of fused-ring (bicyclic) bond motifs is 2. The molecule has 2 bridgehead atoms. The van der Waals surface area contributed by atoms with E-state index in [1.165, 1.54) is 31.9 Å². The number of carbonyl (C=O) groups is 2. The van der Waals surface area contributed by atoms with Crippen LogP contribution >= 0.6 is 0 Å². The molecule has 2 N–H and O–H groups in total. The number of nitrogens with one attached hydrogen (secondary N) is 2. The average molecular weight is 290 g/mol. The molecule has 5 nitrogen and oxygen atoms in total. The lowest BCUT2D eigenvalue weighted by molar-refractivity contribution is -0.122. The highest BCUT2D eigenvalue weighted by Crippen LogP contribution is 2.49. The Bertz CT molecular complexity index is 498. The van der Waals surface area contributed by atoms with Crippen LogP contribution in [0.5, 0.6) is 0 Å². The van der Waals surface area contributed by atoms with Gasteiger partial charge in [0.25, 0.3) is 5.91 Å². The van der Waals surface area contributed by atoms with Crippen LogP contribution in [-0.2, 0) is 4.79 Å². The molecule has 2 aliphatic carbocycles. The molecular formula is C16H22N2O3. The Morgan fingerprint density at radius 3 is 2.71 bits per heavy atom. The van der Waals surface area contributed by atoms with E-state index in [0.29, 0.717) is 31.2 Å². The van der Waals surface area contributed by atoms with Gasteiger partial charge in [-0.05, 0) is 49.1 Å². The van der Waals surface area contributed by atoms with Gasteiger partial charge in [-0.15, -0.1) is 0 Å². The van der Waals surface area contributed by atoms with E-state index in [1.54, 1.807) is 12.1 Å². The molecule has 114 valence electrons. The fourth-order valence-corrected chi connectivity index (χ4v) is 3.81. The van der Waals surface area contributed by atoms with Gasteiger partial charge in [-0.25, -0.2) is 0 Å². The summed E-state index contributed by atoms with van der Waals surface area (Å²) in [6, 6.07) is 3.29. The maximum Gasteiger partial charge on any atom is 0.287 e.